The molecule has 2 aromatic heterocycles. The Balaban J connectivity index is 1.37. The first-order chi connectivity index (χ1) is 18.3. The molecule has 0 saturated heterocycles. The van der Waals surface area contributed by atoms with Gasteiger partial charge in [0, 0.05) is 24.2 Å². The van der Waals surface area contributed by atoms with Gasteiger partial charge in [0.2, 0.25) is 0 Å². The number of cyclic esters (lactones) is 1. The molecule has 1 saturated carbocycles. The number of aliphatic hydroxyl groups is 1. The zero-order valence-electron chi connectivity index (χ0n) is 21.5. The Bertz CT molecular complexity index is 1450. The molecular formula is C28H30FN5O4. The number of rotatable bonds is 8. The van der Waals surface area contributed by atoms with E-state index < -0.39 is 17.4 Å². The molecule has 0 spiro atoms. The van der Waals surface area contributed by atoms with Crippen LogP contribution < -0.4 is 4.74 Å². The molecule has 1 N–H and O–H groups in total. The van der Waals surface area contributed by atoms with Gasteiger partial charge < -0.3 is 14.6 Å². The van der Waals surface area contributed by atoms with Crippen LogP contribution >= 0.6 is 0 Å². The van der Waals surface area contributed by atoms with Crippen molar-refractivity contribution in [2.75, 3.05) is 6.73 Å². The van der Waals surface area contributed by atoms with Gasteiger partial charge in [-0.3, -0.25) is 4.85 Å². The van der Waals surface area contributed by atoms with E-state index in [2.05, 4.69) is 19.9 Å². The lowest BCUT2D eigenvalue weighted by Gasteiger charge is -2.41. The molecule has 0 radical (unpaired) electrons. The van der Waals surface area contributed by atoms with E-state index in [0.29, 0.717) is 24.4 Å². The third kappa shape index (κ3) is 5.05. The molecule has 1 fully saturated rings. The van der Waals surface area contributed by atoms with Gasteiger partial charge in [-0.1, -0.05) is 18.9 Å². The summed E-state index contributed by atoms with van der Waals surface area (Å²) in [6.07, 6.45) is 5.07. The first kappa shape index (κ1) is 25.6. The summed E-state index contributed by atoms with van der Waals surface area (Å²) in [6.45, 7) is 10.3. The number of hydrogen-bond donors (Lipinski definition) is 1. The summed E-state index contributed by atoms with van der Waals surface area (Å²) in [5.74, 6) is -0.119. The summed E-state index contributed by atoms with van der Waals surface area (Å²) in [5.41, 5.74) is 1.72. The number of aromatic nitrogens is 4. The Morgan fingerprint density at radius 2 is 2.05 bits per heavy atom. The van der Waals surface area contributed by atoms with E-state index in [1.807, 2.05) is 19.9 Å². The quantitative estimate of drug-likeness (QED) is 0.330. The monoisotopic (exact) mass is 519 g/mol. The summed E-state index contributed by atoms with van der Waals surface area (Å²) < 4.78 is 27.4. The Hall–Kier alpha value is -4.00. The number of nitrogens with zero attached hydrogens (tertiary/aromatic N) is 5. The van der Waals surface area contributed by atoms with Crippen LogP contribution in [0.25, 0.3) is 10.6 Å². The fraction of sp³-hybridized carbons (Fsp3) is 0.464. The molecule has 38 heavy (non-hydrogen) atoms. The minimum atomic E-state index is -0.863. The number of hydrogen-bond acceptors (Lipinski definition) is 7. The molecule has 198 valence electrons. The van der Waals surface area contributed by atoms with Crippen LogP contribution in [-0.4, -0.2) is 43.0 Å². The Morgan fingerprint density at radius 3 is 2.76 bits per heavy atom. The van der Waals surface area contributed by atoms with Crippen molar-refractivity contribution < 1.29 is 23.8 Å². The molecule has 2 aliphatic rings. The van der Waals surface area contributed by atoms with Crippen molar-refractivity contribution in [2.24, 2.45) is 5.92 Å². The van der Waals surface area contributed by atoms with Crippen molar-refractivity contribution in [1.82, 2.24) is 19.6 Å². The second-order valence-corrected chi connectivity index (χ2v) is 10.2. The van der Waals surface area contributed by atoms with Crippen molar-refractivity contribution >= 4 is 11.7 Å². The summed E-state index contributed by atoms with van der Waals surface area (Å²) in [6, 6.07) is 6.55. The van der Waals surface area contributed by atoms with Crippen LogP contribution in [0.4, 0.5) is 4.39 Å². The molecular weight excluding hydrogens is 489 g/mol. The van der Waals surface area contributed by atoms with Gasteiger partial charge in [0.05, 0.1) is 5.57 Å². The third-order valence-electron chi connectivity index (χ3n) is 7.57. The number of esters is 1. The second kappa shape index (κ2) is 10.4. The number of carbonyl (C=O) groups excluding carboxylic acids is 1. The van der Waals surface area contributed by atoms with Crippen LogP contribution in [0.3, 0.4) is 0 Å². The average Bonchev–Trinajstić information content (AvgIpc) is 3.55. The van der Waals surface area contributed by atoms with Gasteiger partial charge in [-0.05, 0) is 69.2 Å². The van der Waals surface area contributed by atoms with Gasteiger partial charge in [0.15, 0.2) is 17.4 Å². The van der Waals surface area contributed by atoms with Crippen LogP contribution in [-0.2, 0) is 22.4 Å². The van der Waals surface area contributed by atoms with Gasteiger partial charge >= 0.3 is 12.7 Å². The minimum Gasteiger partial charge on any atom is -0.512 e. The van der Waals surface area contributed by atoms with E-state index in [0.717, 1.165) is 42.6 Å². The van der Waals surface area contributed by atoms with Gasteiger partial charge in [-0.15, -0.1) is 5.10 Å². The predicted molar refractivity (Wildman–Crippen MR) is 136 cm³/mol. The Kier molecular flexibility index (Phi) is 7.02. The SMILES string of the molecule is [C-]#[N+]COc1ccc(CCC2(C3CCCC3)CC(O)=C(Cc3nc4nc(C)cc(C)n4n3)C(=O)O2)cc1F. The highest BCUT2D eigenvalue weighted by Gasteiger charge is 2.48. The molecule has 1 aromatic carbocycles. The maximum atomic E-state index is 14.5. The number of aryl methyl sites for hydroxylation is 3. The molecule has 1 atom stereocenters. The van der Waals surface area contributed by atoms with E-state index in [1.54, 1.807) is 10.6 Å². The van der Waals surface area contributed by atoms with Crippen molar-refractivity contribution in [3.63, 3.8) is 0 Å². The van der Waals surface area contributed by atoms with Crippen LogP contribution in [0, 0.1) is 32.2 Å². The highest BCUT2D eigenvalue weighted by atomic mass is 19.1. The molecule has 0 bridgehead atoms. The van der Waals surface area contributed by atoms with E-state index in [1.165, 1.54) is 12.1 Å². The highest BCUT2D eigenvalue weighted by molar-refractivity contribution is 5.90. The number of aliphatic hydroxyl groups excluding tert-OH is 1. The summed E-state index contributed by atoms with van der Waals surface area (Å²) in [7, 11) is 0. The normalized spacial score (nSPS) is 20.1. The van der Waals surface area contributed by atoms with Crippen LogP contribution in [0.2, 0.25) is 0 Å². The van der Waals surface area contributed by atoms with Crippen LogP contribution in [0.5, 0.6) is 5.75 Å². The zero-order chi connectivity index (χ0) is 26.9. The number of fused-ring (bicyclic) bond motifs is 1. The van der Waals surface area contributed by atoms with E-state index in [9.17, 15) is 14.3 Å². The van der Waals surface area contributed by atoms with Crippen molar-refractivity contribution in [2.45, 2.75) is 70.8 Å². The standard InChI is InChI=1S/C28H30FN5O4/c1-17-12-18(2)34-27(31-17)32-25(33-34)14-21-23(35)15-28(38-26(21)36,20-6-4-5-7-20)11-10-19-8-9-24(22(29)13-19)37-16-30-3/h8-9,12-13,20,35H,4-7,10-11,14-16H2,1-2H3. The lowest BCUT2D eigenvalue weighted by Crippen LogP contribution is -2.46. The van der Waals surface area contributed by atoms with Gasteiger partial charge in [-0.25, -0.2) is 25.3 Å². The zero-order valence-corrected chi connectivity index (χ0v) is 21.5. The molecule has 1 unspecified atom stereocenters. The minimum absolute atomic E-state index is 0.00180. The first-order valence-corrected chi connectivity index (χ1v) is 12.9. The predicted octanol–water partition coefficient (Wildman–Crippen LogP) is 5.00. The van der Waals surface area contributed by atoms with E-state index >= 15 is 0 Å². The molecule has 3 aromatic rings. The van der Waals surface area contributed by atoms with Gasteiger partial charge in [-0.2, -0.15) is 4.98 Å². The van der Waals surface area contributed by atoms with E-state index in [4.69, 9.17) is 16.0 Å². The maximum absolute atomic E-state index is 14.5. The molecule has 9 nitrogen and oxygen atoms in total. The van der Waals surface area contributed by atoms with Crippen molar-refractivity contribution in [1.29, 1.82) is 0 Å². The topological polar surface area (TPSA) is 103 Å². The largest absolute Gasteiger partial charge is 0.512 e. The van der Waals surface area contributed by atoms with Crippen molar-refractivity contribution in [3.8, 4) is 5.75 Å². The third-order valence-corrected chi connectivity index (χ3v) is 7.57. The smallest absolute Gasteiger partial charge is 0.357 e. The number of halogens is 1. The number of carbonyl (C=O) groups is 1. The van der Waals surface area contributed by atoms with E-state index in [-0.39, 0.29) is 42.6 Å². The molecule has 10 heteroatoms. The summed E-state index contributed by atoms with van der Waals surface area (Å²) >= 11 is 0. The van der Waals surface area contributed by atoms with Crippen LogP contribution in [0.1, 0.15) is 61.3 Å². The summed E-state index contributed by atoms with van der Waals surface area (Å²) in [5, 5.41) is 15.6. The Morgan fingerprint density at radius 1 is 1.26 bits per heavy atom. The lowest BCUT2D eigenvalue weighted by atomic mass is 9.76. The number of ether oxygens (including phenoxy) is 2. The maximum Gasteiger partial charge on any atom is 0.357 e. The molecule has 1 aliphatic carbocycles. The lowest BCUT2D eigenvalue weighted by molar-refractivity contribution is -0.167. The Labute approximate surface area is 220 Å². The van der Waals surface area contributed by atoms with Crippen LogP contribution in [0.15, 0.2) is 35.6 Å². The fourth-order valence-corrected chi connectivity index (χ4v) is 5.70. The van der Waals surface area contributed by atoms with Crippen molar-refractivity contribution in [3.05, 3.63) is 75.6 Å². The molecule has 0 amide bonds. The van der Waals surface area contributed by atoms with Gasteiger partial charge in [0.1, 0.15) is 11.4 Å². The average molecular weight is 520 g/mol. The molecule has 5 rings (SSSR count). The molecule has 1 aliphatic heterocycles. The first-order valence-electron chi connectivity index (χ1n) is 12.9. The number of benzene rings is 1. The fourth-order valence-electron chi connectivity index (χ4n) is 5.70. The molecule has 3 heterocycles. The summed E-state index contributed by atoms with van der Waals surface area (Å²) in [4.78, 5) is 25.2. The van der Waals surface area contributed by atoms with Gasteiger partial charge in [0.25, 0.3) is 5.78 Å². The highest BCUT2D eigenvalue weighted by Crippen LogP contribution is 2.46. The second-order valence-electron chi connectivity index (χ2n) is 10.2.